The molecule has 14 heavy (non-hydrogen) atoms. The van der Waals surface area contributed by atoms with Crippen molar-refractivity contribution in [1.29, 1.82) is 0 Å². The van der Waals surface area contributed by atoms with Crippen LogP contribution in [0.25, 0.3) is 0 Å². The van der Waals surface area contributed by atoms with Crippen LogP contribution in [0.3, 0.4) is 0 Å². The molecule has 0 amide bonds. The molecule has 1 aromatic carbocycles. The van der Waals surface area contributed by atoms with E-state index >= 15 is 0 Å². The van der Waals surface area contributed by atoms with E-state index in [1.54, 1.807) is 5.57 Å². The van der Waals surface area contributed by atoms with E-state index in [0.717, 1.165) is 0 Å². The van der Waals surface area contributed by atoms with Crippen LogP contribution in [0.2, 0.25) is 0 Å². The first-order valence-electron chi connectivity index (χ1n) is 5.42. The van der Waals surface area contributed by atoms with Crippen LogP contribution in [0.5, 0.6) is 0 Å². The molecular weight excluding hydrogens is 168 g/mol. The van der Waals surface area contributed by atoms with Gasteiger partial charge in [0, 0.05) is 0 Å². The lowest BCUT2D eigenvalue weighted by Crippen LogP contribution is -2.17. The zero-order chi connectivity index (χ0) is 10.0. The topological polar surface area (TPSA) is 0 Å². The first kappa shape index (κ1) is 9.51. The van der Waals surface area contributed by atoms with Gasteiger partial charge in [-0.15, -0.1) is 0 Å². The molecule has 1 atom stereocenters. The highest BCUT2D eigenvalue weighted by atomic mass is 14.3. The monoisotopic (exact) mass is 186 g/mol. The van der Waals surface area contributed by atoms with E-state index in [1.807, 2.05) is 0 Å². The molecule has 0 nitrogen and oxygen atoms in total. The minimum absolute atomic E-state index is 0.418. The Kier molecular flexibility index (Phi) is 2.45. The summed E-state index contributed by atoms with van der Waals surface area (Å²) in [6.07, 6.45) is 6.15. The predicted molar refractivity (Wildman–Crippen MR) is 61.2 cm³/mol. The van der Waals surface area contributed by atoms with E-state index < -0.39 is 0 Å². The Morgan fingerprint density at radius 3 is 2.50 bits per heavy atom. The van der Waals surface area contributed by atoms with Crippen LogP contribution in [0, 0.1) is 5.41 Å². The van der Waals surface area contributed by atoms with Gasteiger partial charge >= 0.3 is 0 Å². The predicted octanol–water partition coefficient (Wildman–Crippen LogP) is 3.98. The fourth-order valence-corrected chi connectivity index (χ4v) is 2.33. The first-order chi connectivity index (χ1) is 6.71. The van der Waals surface area contributed by atoms with E-state index in [4.69, 9.17) is 0 Å². The molecule has 0 fully saturated rings. The second kappa shape index (κ2) is 3.61. The zero-order valence-corrected chi connectivity index (χ0v) is 9.09. The van der Waals surface area contributed by atoms with Crippen LogP contribution in [-0.2, 0) is 6.42 Å². The maximum absolute atomic E-state index is 2.39. The molecule has 1 aliphatic rings. The smallest absolute Gasteiger partial charge is 0.00759 e. The standard InChI is InChI=1S/C14H18/c1-12-7-6-10-14(12,2)11-13-8-4-3-5-9-13/h3-5,7-9H,6,10-11H2,1-2H3. The molecule has 0 N–H and O–H groups in total. The Morgan fingerprint density at radius 2 is 1.93 bits per heavy atom. The summed E-state index contributed by atoms with van der Waals surface area (Å²) in [6.45, 7) is 4.66. The zero-order valence-electron chi connectivity index (χ0n) is 9.09. The Labute approximate surface area is 86.7 Å². The van der Waals surface area contributed by atoms with Crippen molar-refractivity contribution in [2.45, 2.75) is 33.1 Å². The summed E-state index contributed by atoms with van der Waals surface area (Å²) in [4.78, 5) is 0. The van der Waals surface area contributed by atoms with E-state index in [2.05, 4.69) is 50.3 Å². The molecule has 0 aromatic heterocycles. The molecule has 0 aliphatic heterocycles. The van der Waals surface area contributed by atoms with Gasteiger partial charge in [0.2, 0.25) is 0 Å². The fourth-order valence-electron chi connectivity index (χ4n) is 2.33. The van der Waals surface area contributed by atoms with Gasteiger partial charge in [-0.2, -0.15) is 0 Å². The number of hydrogen-bond acceptors (Lipinski definition) is 0. The van der Waals surface area contributed by atoms with Crippen molar-refractivity contribution in [3.05, 3.63) is 47.5 Å². The molecule has 74 valence electrons. The van der Waals surface area contributed by atoms with Crippen molar-refractivity contribution in [2.75, 3.05) is 0 Å². The second-order valence-electron chi connectivity index (χ2n) is 4.65. The van der Waals surface area contributed by atoms with E-state index in [0.29, 0.717) is 5.41 Å². The summed E-state index contributed by atoms with van der Waals surface area (Å²) in [5.74, 6) is 0. The van der Waals surface area contributed by atoms with Crippen molar-refractivity contribution in [3.63, 3.8) is 0 Å². The van der Waals surface area contributed by atoms with Gasteiger partial charge in [-0.1, -0.05) is 48.9 Å². The molecule has 0 radical (unpaired) electrons. The maximum atomic E-state index is 2.39. The van der Waals surface area contributed by atoms with Crippen molar-refractivity contribution in [3.8, 4) is 0 Å². The summed E-state index contributed by atoms with van der Waals surface area (Å²) in [5.41, 5.74) is 3.45. The highest BCUT2D eigenvalue weighted by Crippen LogP contribution is 2.40. The lowest BCUT2D eigenvalue weighted by molar-refractivity contribution is 0.391. The van der Waals surface area contributed by atoms with Crippen molar-refractivity contribution in [2.24, 2.45) is 5.41 Å². The Hall–Kier alpha value is -1.04. The summed E-state index contributed by atoms with van der Waals surface area (Å²) < 4.78 is 0. The third-order valence-corrected chi connectivity index (χ3v) is 3.54. The highest BCUT2D eigenvalue weighted by Gasteiger charge is 2.29. The van der Waals surface area contributed by atoms with Crippen molar-refractivity contribution >= 4 is 0 Å². The van der Waals surface area contributed by atoms with Crippen LogP contribution in [0.1, 0.15) is 32.3 Å². The average Bonchev–Trinajstić information content (AvgIpc) is 2.48. The van der Waals surface area contributed by atoms with Crippen molar-refractivity contribution in [1.82, 2.24) is 0 Å². The second-order valence-corrected chi connectivity index (χ2v) is 4.65. The van der Waals surface area contributed by atoms with Gasteiger partial charge in [0.05, 0.1) is 0 Å². The van der Waals surface area contributed by atoms with Crippen LogP contribution in [0.4, 0.5) is 0 Å². The van der Waals surface area contributed by atoms with Gasteiger partial charge in [0.1, 0.15) is 0 Å². The van der Waals surface area contributed by atoms with Gasteiger partial charge in [-0.3, -0.25) is 0 Å². The van der Waals surface area contributed by atoms with Gasteiger partial charge in [-0.25, -0.2) is 0 Å². The lowest BCUT2D eigenvalue weighted by atomic mass is 9.78. The van der Waals surface area contributed by atoms with Gasteiger partial charge in [-0.05, 0) is 37.2 Å². The van der Waals surface area contributed by atoms with E-state index in [-0.39, 0.29) is 0 Å². The molecule has 0 bridgehead atoms. The fraction of sp³-hybridized carbons (Fsp3) is 0.429. The third kappa shape index (κ3) is 1.75. The van der Waals surface area contributed by atoms with Crippen molar-refractivity contribution < 1.29 is 0 Å². The third-order valence-electron chi connectivity index (χ3n) is 3.54. The van der Waals surface area contributed by atoms with Gasteiger partial charge in [0.25, 0.3) is 0 Å². The normalized spacial score (nSPS) is 26.3. The summed E-state index contributed by atoms with van der Waals surface area (Å²) >= 11 is 0. The number of rotatable bonds is 2. The molecule has 1 aliphatic carbocycles. The number of allylic oxidation sites excluding steroid dienone is 2. The van der Waals surface area contributed by atoms with E-state index in [9.17, 15) is 0 Å². The molecule has 0 saturated heterocycles. The van der Waals surface area contributed by atoms with E-state index in [1.165, 1.54) is 24.8 Å². The molecule has 2 rings (SSSR count). The minimum atomic E-state index is 0.418. The van der Waals surface area contributed by atoms with Crippen LogP contribution < -0.4 is 0 Å². The Balaban J connectivity index is 2.15. The average molecular weight is 186 g/mol. The number of hydrogen-bond donors (Lipinski definition) is 0. The van der Waals surface area contributed by atoms with Crippen LogP contribution in [-0.4, -0.2) is 0 Å². The quantitative estimate of drug-likeness (QED) is 0.613. The molecular formula is C14H18. The summed E-state index contributed by atoms with van der Waals surface area (Å²) in [6, 6.07) is 10.8. The summed E-state index contributed by atoms with van der Waals surface area (Å²) in [5, 5.41) is 0. The molecule has 1 unspecified atom stereocenters. The van der Waals surface area contributed by atoms with Crippen LogP contribution in [0.15, 0.2) is 42.0 Å². The van der Waals surface area contributed by atoms with Gasteiger partial charge < -0.3 is 0 Å². The molecule has 0 saturated carbocycles. The lowest BCUT2D eigenvalue weighted by Gasteiger charge is -2.26. The highest BCUT2D eigenvalue weighted by molar-refractivity contribution is 5.24. The SMILES string of the molecule is CC1=CCCC1(C)Cc1ccccc1. The first-order valence-corrected chi connectivity index (χ1v) is 5.42. The molecule has 0 heterocycles. The minimum Gasteiger partial charge on any atom is -0.0850 e. The van der Waals surface area contributed by atoms with Crippen LogP contribution >= 0.6 is 0 Å². The molecule has 1 aromatic rings. The summed E-state index contributed by atoms with van der Waals surface area (Å²) in [7, 11) is 0. The Bertz CT molecular complexity index is 334. The Morgan fingerprint density at radius 1 is 1.21 bits per heavy atom. The largest absolute Gasteiger partial charge is 0.0850 e. The maximum Gasteiger partial charge on any atom is -0.00759 e. The molecule has 0 spiro atoms. The van der Waals surface area contributed by atoms with Gasteiger partial charge in [0.15, 0.2) is 0 Å². The number of benzene rings is 1. The molecule has 0 heteroatoms.